The Labute approximate surface area is 130 Å². The van der Waals surface area contributed by atoms with Crippen LogP contribution in [0.15, 0.2) is 22.8 Å². The molecular weight excluding hydrogens is 284 g/mol. The van der Waals surface area contributed by atoms with Gasteiger partial charge in [-0.05, 0) is 45.7 Å². The monoisotopic (exact) mass is 308 g/mol. The molecule has 1 aromatic heterocycles. The first-order valence-corrected chi connectivity index (χ1v) is 7.63. The standard InChI is InChI=1S/C16H24N2O4/c1-16(2,3)22-15(20)18-8-4-6-12(11-18)14(19)17-10-13-7-5-9-21-13/h5,7,9,12H,4,6,8,10-11H2,1-3H3,(H,17,19)/t12-/m1/s1. The van der Waals surface area contributed by atoms with Crippen molar-refractivity contribution in [3.8, 4) is 0 Å². The van der Waals surface area contributed by atoms with Crippen LogP contribution in [0.4, 0.5) is 4.79 Å². The molecule has 2 heterocycles. The Balaban J connectivity index is 1.84. The number of ether oxygens (including phenoxy) is 1. The fraction of sp³-hybridized carbons (Fsp3) is 0.625. The first-order valence-electron chi connectivity index (χ1n) is 7.63. The second-order valence-electron chi connectivity index (χ2n) is 6.56. The van der Waals surface area contributed by atoms with Crippen molar-refractivity contribution in [2.24, 2.45) is 5.92 Å². The first-order chi connectivity index (χ1) is 10.3. The number of piperidine rings is 1. The smallest absolute Gasteiger partial charge is 0.410 e. The molecule has 2 amide bonds. The zero-order valence-electron chi connectivity index (χ0n) is 13.4. The number of nitrogens with zero attached hydrogens (tertiary/aromatic N) is 1. The minimum Gasteiger partial charge on any atom is -0.467 e. The summed E-state index contributed by atoms with van der Waals surface area (Å²) in [6.07, 6.45) is 2.81. The zero-order chi connectivity index (χ0) is 16.2. The Morgan fingerprint density at radius 3 is 2.86 bits per heavy atom. The molecular formula is C16H24N2O4. The number of carbonyl (C=O) groups excluding carboxylic acids is 2. The maximum Gasteiger partial charge on any atom is 0.410 e. The van der Waals surface area contributed by atoms with E-state index in [1.807, 2.05) is 26.8 Å². The van der Waals surface area contributed by atoms with Gasteiger partial charge in [-0.3, -0.25) is 4.79 Å². The van der Waals surface area contributed by atoms with Crippen molar-refractivity contribution in [2.45, 2.75) is 45.8 Å². The summed E-state index contributed by atoms with van der Waals surface area (Å²) in [5, 5.41) is 2.85. The van der Waals surface area contributed by atoms with E-state index in [4.69, 9.17) is 9.15 Å². The van der Waals surface area contributed by atoms with Crippen LogP contribution in [0.25, 0.3) is 0 Å². The van der Waals surface area contributed by atoms with Gasteiger partial charge in [0.15, 0.2) is 0 Å². The maximum atomic E-state index is 12.2. The summed E-state index contributed by atoms with van der Waals surface area (Å²) in [6.45, 7) is 6.91. The highest BCUT2D eigenvalue weighted by Gasteiger charge is 2.30. The Kier molecular flexibility index (Phi) is 5.11. The molecule has 122 valence electrons. The van der Waals surface area contributed by atoms with E-state index >= 15 is 0 Å². The first kappa shape index (κ1) is 16.4. The number of likely N-dealkylation sites (tertiary alicyclic amines) is 1. The maximum absolute atomic E-state index is 12.2. The molecule has 6 heteroatoms. The molecule has 0 bridgehead atoms. The minimum absolute atomic E-state index is 0.0512. The van der Waals surface area contributed by atoms with E-state index in [0.29, 0.717) is 25.4 Å². The van der Waals surface area contributed by atoms with E-state index < -0.39 is 5.60 Å². The van der Waals surface area contributed by atoms with Gasteiger partial charge in [0, 0.05) is 13.1 Å². The largest absolute Gasteiger partial charge is 0.467 e. The van der Waals surface area contributed by atoms with Gasteiger partial charge in [0.1, 0.15) is 11.4 Å². The van der Waals surface area contributed by atoms with Crippen molar-refractivity contribution in [2.75, 3.05) is 13.1 Å². The molecule has 0 radical (unpaired) electrons. The average molecular weight is 308 g/mol. The quantitative estimate of drug-likeness (QED) is 0.931. The van der Waals surface area contributed by atoms with Crippen molar-refractivity contribution in [3.63, 3.8) is 0 Å². The second kappa shape index (κ2) is 6.85. The molecule has 1 atom stereocenters. The summed E-state index contributed by atoms with van der Waals surface area (Å²) < 4.78 is 10.6. The molecule has 2 rings (SSSR count). The third-order valence-electron chi connectivity index (χ3n) is 3.46. The molecule has 0 saturated carbocycles. The van der Waals surface area contributed by atoms with E-state index in [1.54, 1.807) is 17.2 Å². The van der Waals surface area contributed by atoms with E-state index in [2.05, 4.69) is 5.32 Å². The topological polar surface area (TPSA) is 71.8 Å². The van der Waals surface area contributed by atoms with Crippen LogP contribution >= 0.6 is 0 Å². The summed E-state index contributed by atoms with van der Waals surface area (Å²) in [4.78, 5) is 25.9. The van der Waals surface area contributed by atoms with Gasteiger partial charge in [0.2, 0.25) is 5.91 Å². The van der Waals surface area contributed by atoms with E-state index in [9.17, 15) is 9.59 Å². The van der Waals surface area contributed by atoms with Gasteiger partial charge in [-0.1, -0.05) is 0 Å². The normalized spacial score (nSPS) is 18.9. The van der Waals surface area contributed by atoms with Gasteiger partial charge in [-0.2, -0.15) is 0 Å². The Bertz CT molecular complexity index is 505. The fourth-order valence-electron chi connectivity index (χ4n) is 2.42. The third kappa shape index (κ3) is 4.79. The van der Waals surface area contributed by atoms with E-state index in [-0.39, 0.29) is 17.9 Å². The lowest BCUT2D eigenvalue weighted by Crippen LogP contribution is -2.46. The van der Waals surface area contributed by atoms with Crippen molar-refractivity contribution < 1.29 is 18.7 Å². The van der Waals surface area contributed by atoms with Gasteiger partial charge in [0.25, 0.3) is 0 Å². The Morgan fingerprint density at radius 1 is 1.45 bits per heavy atom. The number of hydrogen-bond acceptors (Lipinski definition) is 4. The number of rotatable bonds is 3. The molecule has 1 N–H and O–H groups in total. The molecule has 6 nitrogen and oxygen atoms in total. The average Bonchev–Trinajstić information content (AvgIpc) is 2.96. The van der Waals surface area contributed by atoms with Crippen LogP contribution in [0, 0.1) is 5.92 Å². The highest BCUT2D eigenvalue weighted by atomic mass is 16.6. The van der Waals surface area contributed by atoms with Crippen LogP contribution in [-0.2, 0) is 16.1 Å². The highest BCUT2D eigenvalue weighted by molar-refractivity contribution is 5.80. The van der Waals surface area contributed by atoms with Crippen LogP contribution in [-0.4, -0.2) is 35.6 Å². The SMILES string of the molecule is CC(C)(C)OC(=O)N1CCC[C@@H](C(=O)NCc2ccco2)C1. The molecule has 0 spiro atoms. The molecule has 0 unspecified atom stereocenters. The molecule has 0 aromatic carbocycles. The molecule has 1 aliphatic heterocycles. The molecule has 22 heavy (non-hydrogen) atoms. The number of carbonyl (C=O) groups is 2. The third-order valence-corrected chi connectivity index (χ3v) is 3.46. The lowest BCUT2D eigenvalue weighted by molar-refractivity contribution is -0.126. The Hall–Kier alpha value is -1.98. The lowest BCUT2D eigenvalue weighted by Gasteiger charge is -2.33. The van der Waals surface area contributed by atoms with Crippen molar-refractivity contribution in [3.05, 3.63) is 24.2 Å². The van der Waals surface area contributed by atoms with Crippen molar-refractivity contribution in [1.29, 1.82) is 0 Å². The van der Waals surface area contributed by atoms with E-state index in [1.165, 1.54) is 0 Å². The van der Waals surface area contributed by atoms with E-state index in [0.717, 1.165) is 12.8 Å². The summed E-state index contributed by atoms with van der Waals surface area (Å²) >= 11 is 0. The zero-order valence-corrected chi connectivity index (χ0v) is 13.4. The number of furan rings is 1. The predicted octanol–water partition coefficient (Wildman–Crippen LogP) is 2.54. The van der Waals surface area contributed by atoms with Gasteiger partial charge in [-0.15, -0.1) is 0 Å². The highest BCUT2D eigenvalue weighted by Crippen LogP contribution is 2.19. The van der Waals surface area contributed by atoms with Crippen LogP contribution in [0.2, 0.25) is 0 Å². The number of hydrogen-bond donors (Lipinski definition) is 1. The molecule has 1 saturated heterocycles. The molecule has 1 fully saturated rings. The van der Waals surface area contributed by atoms with Crippen LogP contribution in [0.3, 0.4) is 0 Å². The summed E-state index contributed by atoms with van der Waals surface area (Å²) in [5.41, 5.74) is -0.522. The molecule has 0 aliphatic carbocycles. The molecule has 1 aromatic rings. The second-order valence-corrected chi connectivity index (χ2v) is 6.56. The van der Waals surface area contributed by atoms with Crippen molar-refractivity contribution in [1.82, 2.24) is 10.2 Å². The summed E-state index contributed by atoms with van der Waals surface area (Å²) in [6, 6.07) is 3.60. The number of amides is 2. The molecule has 1 aliphatic rings. The Morgan fingerprint density at radius 2 is 2.23 bits per heavy atom. The number of nitrogens with one attached hydrogen (secondary N) is 1. The van der Waals surface area contributed by atoms with Gasteiger partial charge < -0.3 is 19.4 Å². The summed E-state index contributed by atoms with van der Waals surface area (Å²) in [7, 11) is 0. The fourth-order valence-corrected chi connectivity index (χ4v) is 2.42. The van der Waals surface area contributed by atoms with Gasteiger partial charge in [-0.25, -0.2) is 4.79 Å². The lowest BCUT2D eigenvalue weighted by atomic mass is 9.97. The van der Waals surface area contributed by atoms with Gasteiger partial charge in [0.05, 0.1) is 18.7 Å². The van der Waals surface area contributed by atoms with Crippen LogP contribution < -0.4 is 5.32 Å². The van der Waals surface area contributed by atoms with Crippen LogP contribution in [0.5, 0.6) is 0 Å². The van der Waals surface area contributed by atoms with Crippen molar-refractivity contribution >= 4 is 12.0 Å². The van der Waals surface area contributed by atoms with Crippen LogP contribution in [0.1, 0.15) is 39.4 Å². The predicted molar refractivity (Wildman–Crippen MR) is 81.1 cm³/mol. The van der Waals surface area contributed by atoms with Gasteiger partial charge >= 0.3 is 6.09 Å². The minimum atomic E-state index is -0.522. The summed E-state index contributed by atoms with van der Waals surface area (Å²) in [5.74, 6) is 0.467.